The standard InChI is InChI=1S/C9H14N/c1-4-8-6-5-7-9(8)10(2)3/h1,9H,5-7H2,2-3H3. The topological polar surface area (TPSA) is 3.24 Å². The summed E-state index contributed by atoms with van der Waals surface area (Å²) in [6.07, 6.45) is 3.65. The molecule has 1 rings (SSSR count). The van der Waals surface area contributed by atoms with E-state index in [9.17, 15) is 0 Å². The van der Waals surface area contributed by atoms with Crippen molar-refractivity contribution < 1.29 is 0 Å². The minimum absolute atomic E-state index is 0.560. The van der Waals surface area contributed by atoms with Gasteiger partial charge in [0, 0.05) is 6.04 Å². The summed E-state index contributed by atoms with van der Waals surface area (Å²) in [6.45, 7) is 5.35. The SMILES string of the molecule is [CH]=C=C1CCCC1N(C)C. The van der Waals surface area contributed by atoms with E-state index in [4.69, 9.17) is 6.58 Å². The van der Waals surface area contributed by atoms with Crippen LogP contribution in [0.4, 0.5) is 0 Å². The predicted octanol–water partition coefficient (Wildman–Crippen LogP) is 1.61. The van der Waals surface area contributed by atoms with Crippen molar-refractivity contribution in [1.82, 2.24) is 4.90 Å². The molecule has 0 heterocycles. The van der Waals surface area contributed by atoms with E-state index < -0.39 is 0 Å². The second kappa shape index (κ2) is 3.05. The Morgan fingerprint density at radius 1 is 1.60 bits per heavy atom. The van der Waals surface area contributed by atoms with Crippen LogP contribution in [0.15, 0.2) is 11.3 Å². The number of rotatable bonds is 1. The van der Waals surface area contributed by atoms with E-state index in [-0.39, 0.29) is 0 Å². The first-order valence-corrected chi connectivity index (χ1v) is 3.74. The molecule has 0 N–H and O–H groups in total. The number of hydrogen-bond acceptors (Lipinski definition) is 1. The average Bonchev–Trinajstić information content (AvgIpc) is 2.33. The normalized spacial score (nSPS) is 25.5. The number of hydrogen-bond donors (Lipinski definition) is 0. The summed E-state index contributed by atoms with van der Waals surface area (Å²) >= 11 is 0. The highest BCUT2D eigenvalue weighted by molar-refractivity contribution is 5.12. The van der Waals surface area contributed by atoms with Gasteiger partial charge in [-0.2, -0.15) is 0 Å². The molecule has 1 saturated carbocycles. The van der Waals surface area contributed by atoms with Gasteiger partial charge in [0.05, 0.1) is 0 Å². The van der Waals surface area contributed by atoms with Crippen LogP contribution in [-0.4, -0.2) is 25.0 Å². The zero-order chi connectivity index (χ0) is 7.56. The lowest BCUT2D eigenvalue weighted by Crippen LogP contribution is -2.25. The van der Waals surface area contributed by atoms with Gasteiger partial charge in [-0.1, -0.05) is 0 Å². The van der Waals surface area contributed by atoms with Crippen LogP contribution in [0, 0.1) is 6.58 Å². The molecule has 10 heavy (non-hydrogen) atoms. The molecule has 0 aromatic rings. The molecule has 0 saturated heterocycles. The molecule has 0 aromatic carbocycles. The molecule has 0 spiro atoms. The van der Waals surface area contributed by atoms with Crippen LogP contribution in [0.3, 0.4) is 0 Å². The third-order valence-corrected chi connectivity index (χ3v) is 2.13. The summed E-state index contributed by atoms with van der Waals surface area (Å²) in [5.41, 5.74) is 4.05. The van der Waals surface area contributed by atoms with Crippen molar-refractivity contribution in [3.05, 3.63) is 17.9 Å². The Kier molecular flexibility index (Phi) is 2.31. The van der Waals surface area contributed by atoms with E-state index in [1.54, 1.807) is 0 Å². The largest absolute Gasteiger partial charge is 0.302 e. The van der Waals surface area contributed by atoms with Crippen molar-refractivity contribution >= 4 is 0 Å². The molecule has 1 nitrogen and oxygen atoms in total. The van der Waals surface area contributed by atoms with Crippen LogP contribution < -0.4 is 0 Å². The Bertz CT molecular complexity index is 164. The van der Waals surface area contributed by atoms with Crippen LogP contribution in [-0.2, 0) is 0 Å². The summed E-state index contributed by atoms with van der Waals surface area (Å²) < 4.78 is 0. The second-order valence-corrected chi connectivity index (χ2v) is 3.04. The van der Waals surface area contributed by atoms with E-state index >= 15 is 0 Å². The molecule has 1 unspecified atom stereocenters. The van der Waals surface area contributed by atoms with Crippen LogP contribution in [0.25, 0.3) is 0 Å². The third-order valence-electron chi connectivity index (χ3n) is 2.13. The fourth-order valence-corrected chi connectivity index (χ4v) is 1.56. The fourth-order valence-electron chi connectivity index (χ4n) is 1.56. The molecular formula is C9H14N. The van der Waals surface area contributed by atoms with Gasteiger partial charge in [0.1, 0.15) is 0 Å². The molecule has 1 aliphatic rings. The molecular weight excluding hydrogens is 122 g/mol. The summed E-state index contributed by atoms with van der Waals surface area (Å²) in [4.78, 5) is 2.21. The highest BCUT2D eigenvalue weighted by atomic mass is 15.1. The Morgan fingerprint density at radius 2 is 2.30 bits per heavy atom. The number of nitrogens with zero attached hydrogens (tertiary/aromatic N) is 1. The minimum Gasteiger partial charge on any atom is -0.302 e. The average molecular weight is 136 g/mol. The first kappa shape index (κ1) is 7.59. The zero-order valence-electron chi connectivity index (χ0n) is 6.72. The Balaban J connectivity index is 2.68. The van der Waals surface area contributed by atoms with Crippen LogP contribution in [0.1, 0.15) is 19.3 Å². The molecule has 1 fully saturated rings. The highest BCUT2D eigenvalue weighted by Gasteiger charge is 2.21. The zero-order valence-corrected chi connectivity index (χ0v) is 6.72. The van der Waals surface area contributed by atoms with Crippen molar-refractivity contribution in [2.75, 3.05) is 14.1 Å². The van der Waals surface area contributed by atoms with Gasteiger partial charge in [-0.15, -0.1) is 5.73 Å². The summed E-state index contributed by atoms with van der Waals surface area (Å²) in [7, 11) is 4.18. The van der Waals surface area contributed by atoms with Gasteiger partial charge >= 0.3 is 0 Å². The van der Waals surface area contributed by atoms with Gasteiger partial charge in [0.2, 0.25) is 0 Å². The van der Waals surface area contributed by atoms with E-state index in [0.717, 1.165) is 6.42 Å². The molecule has 55 valence electrons. The maximum Gasteiger partial charge on any atom is 0.0376 e. The highest BCUT2D eigenvalue weighted by Crippen LogP contribution is 2.26. The van der Waals surface area contributed by atoms with Gasteiger partial charge in [-0.3, -0.25) is 0 Å². The van der Waals surface area contributed by atoms with E-state index in [1.807, 2.05) is 0 Å². The van der Waals surface area contributed by atoms with E-state index in [1.165, 1.54) is 18.4 Å². The maximum absolute atomic E-state index is 5.35. The monoisotopic (exact) mass is 136 g/mol. The van der Waals surface area contributed by atoms with Crippen LogP contribution in [0.2, 0.25) is 0 Å². The quantitative estimate of drug-likeness (QED) is 0.495. The first-order valence-electron chi connectivity index (χ1n) is 3.74. The summed E-state index contributed by atoms with van der Waals surface area (Å²) in [6, 6.07) is 0.560. The van der Waals surface area contributed by atoms with E-state index in [0.29, 0.717) is 6.04 Å². The van der Waals surface area contributed by atoms with Crippen molar-refractivity contribution in [2.24, 2.45) is 0 Å². The van der Waals surface area contributed by atoms with Gasteiger partial charge in [-0.25, -0.2) is 0 Å². The lowest BCUT2D eigenvalue weighted by atomic mass is 10.1. The summed E-state index contributed by atoms with van der Waals surface area (Å²) in [5.74, 6) is 0. The van der Waals surface area contributed by atoms with Gasteiger partial charge in [0.15, 0.2) is 0 Å². The molecule has 0 aliphatic heterocycles. The molecule has 0 aromatic heterocycles. The Hall–Kier alpha value is -0.520. The molecule has 1 radical (unpaired) electrons. The van der Waals surface area contributed by atoms with Gasteiger partial charge in [-0.05, 0) is 45.5 Å². The van der Waals surface area contributed by atoms with Gasteiger partial charge < -0.3 is 4.90 Å². The second-order valence-electron chi connectivity index (χ2n) is 3.04. The van der Waals surface area contributed by atoms with Crippen LogP contribution in [0.5, 0.6) is 0 Å². The number of likely N-dealkylation sites (N-methyl/N-ethyl adjacent to an activating group) is 1. The molecule has 0 bridgehead atoms. The molecule has 1 aliphatic carbocycles. The predicted molar refractivity (Wildman–Crippen MR) is 42.7 cm³/mol. The minimum atomic E-state index is 0.560. The third kappa shape index (κ3) is 1.31. The Morgan fingerprint density at radius 3 is 2.70 bits per heavy atom. The van der Waals surface area contributed by atoms with Crippen LogP contribution >= 0.6 is 0 Å². The first-order chi connectivity index (χ1) is 4.75. The van der Waals surface area contributed by atoms with Crippen molar-refractivity contribution in [1.29, 1.82) is 0 Å². The van der Waals surface area contributed by atoms with Gasteiger partial charge in [0.25, 0.3) is 0 Å². The molecule has 0 amide bonds. The lowest BCUT2D eigenvalue weighted by Gasteiger charge is -2.18. The smallest absolute Gasteiger partial charge is 0.0376 e. The summed E-state index contributed by atoms with van der Waals surface area (Å²) in [5, 5.41) is 0. The Labute approximate surface area is 63.0 Å². The van der Waals surface area contributed by atoms with E-state index in [2.05, 4.69) is 24.7 Å². The van der Waals surface area contributed by atoms with Crippen molar-refractivity contribution in [3.63, 3.8) is 0 Å². The maximum atomic E-state index is 5.35. The lowest BCUT2D eigenvalue weighted by molar-refractivity contribution is 0.335. The molecule has 1 atom stereocenters. The molecule has 1 heteroatoms. The fraction of sp³-hybridized carbons (Fsp3) is 0.667. The van der Waals surface area contributed by atoms with Crippen molar-refractivity contribution in [3.8, 4) is 0 Å². The van der Waals surface area contributed by atoms with Crippen molar-refractivity contribution in [2.45, 2.75) is 25.3 Å².